The molecule has 1 aliphatic heterocycles. The highest BCUT2D eigenvalue weighted by atomic mass is 19.1. The SMILES string of the molecule is CC(=O)Nc1ccc(F)c(NC(=O)NC2CCCN(Cc3cccnc3)C2)c1. The summed E-state index contributed by atoms with van der Waals surface area (Å²) in [6.07, 6.45) is 5.42. The Kier molecular flexibility index (Phi) is 6.54. The zero-order valence-electron chi connectivity index (χ0n) is 15.7. The number of halogens is 1. The monoisotopic (exact) mass is 385 g/mol. The van der Waals surface area contributed by atoms with E-state index in [-0.39, 0.29) is 17.6 Å². The maximum absolute atomic E-state index is 14.0. The number of pyridine rings is 1. The minimum atomic E-state index is -0.564. The third kappa shape index (κ3) is 5.75. The number of aromatic nitrogens is 1. The Hall–Kier alpha value is -3.00. The molecule has 1 aromatic carbocycles. The topological polar surface area (TPSA) is 86.4 Å². The summed E-state index contributed by atoms with van der Waals surface area (Å²) < 4.78 is 14.0. The molecule has 0 radical (unpaired) electrons. The van der Waals surface area contributed by atoms with Crippen molar-refractivity contribution < 1.29 is 14.0 Å². The molecule has 2 heterocycles. The van der Waals surface area contributed by atoms with Crippen molar-refractivity contribution in [3.8, 4) is 0 Å². The molecule has 2 aromatic rings. The molecular formula is C20H24FN5O2. The predicted octanol–water partition coefficient (Wildman–Crippen LogP) is 2.97. The van der Waals surface area contributed by atoms with Crippen LogP contribution in [0.4, 0.5) is 20.6 Å². The van der Waals surface area contributed by atoms with Crippen molar-refractivity contribution in [3.63, 3.8) is 0 Å². The second-order valence-corrected chi connectivity index (χ2v) is 6.91. The number of carbonyl (C=O) groups is 2. The number of urea groups is 1. The molecule has 0 saturated carbocycles. The van der Waals surface area contributed by atoms with Crippen LogP contribution in [0.25, 0.3) is 0 Å². The molecule has 0 aliphatic carbocycles. The van der Waals surface area contributed by atoms with Gasteiger partial charge in [-0.05, 0) is 49.2 Å². The summed E-state index contributed by atoms with van der Waals surface area (Å²) in [5.74, 6) is -0.830. The van der Waals surface area contributed by atoms with Gasteiger partial charge >= 0.3 is 6.03 Å². The fourth-order valence-electron chi connectivity index (χ4n) is 3.31. The first-order valence-corrected chi connectivity index (χ1v) is 9.25. The minimum absolute atomic E-state index is 0.0202. The van der Waals surface area contributed by atoms with Crippen LogP contribution in [0, 0.1) is 5.82 Å². The maximum atomic E-state index is 14.0. The zero-order valence-corrected chi connectivity index (χ0v) is 15.7. The summed E-state index contributed by atoms with van der Waals surface area (Å²) in [7, 11) is 0. The molecule has 1 saturated heterocycles. The quantitative estimate of drug-likeness (QED) is 0.739. The van der Waals surface area contributed by atoms with Gasteiger partial charge in [-0.25, -0.2) is 9.18 Å². The number of hydrogen-bond donors (Lipinski definition) is 3. The predicted molar refractivity (Wildman–Crippen MR) is 105 cm³/mol. The van der Waals surface area contributed by atoms with E-state index in [4.69, 9.17) is 0 Å². The molecule has 28 heavy (non-hydrogen) atoms. The van der Waals surface area contributed by atoms with Gasteiger partial charge in [0.15, 0.2) is 0 Å². The van der Waals surface area contributed by atoms with Crippen LogP contribution in [0.1, 0.15) is 25.3 Å². The summed E-state index contributed by atoms with van der Waals surface area (Å²) in [5.41, 5.74) is 1.57. The Bertz CT molecular complexity index is 831. The van der Waals surface area contributed by atoms with Crippen molar-refractivity contribution in [2.75, 3.05) is 23.7 Å². The number of likely N-dealkylation sites (tertiary alicyclic amines) is 1. The summed E-state index contributed by atoms with van der Waals surface area (Å²) in [5, 5.41) is 8.01. The van der Waals surface area contributed by atoms with Crippen LogP contribution in [0.5, 0.6) is 0 Å². The lowest BCUT2D eigenvalue weighted by molar-refractivity contribution is -0.114. The van der Waals surface area contributed by atoms with Crippen molar-refractivity contribution in [1.82, 2.24) is 15.2 Å². The van der Waals surface area contributed by atoms with E-state index in [1.165, 1.54) is 25.1 Å². The Morgan fingerprint density at radius 1 is 1.29 bits per heavy atom. The van der Waals surface area contributed by atoms with E-state index in [1.807, 2.05) is 18.3 Å². The van der Waals surface area contributed by atoms with E-state index in [0.29, 0.717) is 5.69 Å². The van der Waals surface area contributed by atoms with E-state index in [2.05, 4.69) is 25.8 Å². The Morgan fingerprint density at radius 2 is 2.14 bits per heavy atom. The van der Waals surface area contributed by atoms with Gasteiger partial charge in [0.2, 0.25) is 5.91 Å². The summed E-state index contributed by atoms with van der Waals surface area (Å²) >= 11 is 0. The van der Waals surface area contributed by atoms with Gasteiger partial charge in [0.05, 0.1) is 5.69 Å². The molecule has 148 valence electrons. The number of rotatable bonds is 5. The molecule has 1 aliphatic rings. The average molecular weight is 385 g/mol. The molecule has 3 N–H and O–H groups in total. The number of nitrogens with one attached hydrogen (secondary N) is 3. The van der Waals surface area contributed by atoms with Gasteiger partial charge in [-0.2, -0.15) is 0 Å². The number of carbonyl (C=O) groups excluding carboxylic acids is 2. The molecule has 1 aromatic heterocycles. The first-order valence-electron chi connectivity index (χ1n) is 9.25. The largest absolute Gasteiger partial charge is 0.334 e. The van der Waals surface area contributed by atoms with E-state index in [9.17, 15) is 14.0 Å². The highest BCUT2D eigenvalue weighted by Crippen LogP contribution is 2.20. The third-order valence-corrected chi connectivity index (χ3v) is 4.50. The van der Waals surface area contributed by atoms with Gasteiger partial charge in [0, 0.05) is 44.1 Å². The number of piperidine rings is 1. The second-order valence-electron chi connectivity index (χ2n) is 6.91. The smallest absolute Gasteiger partial charge is 0.319 e. The van der Waals surface area contributed by atoms with Gasteiger partial charge in [0.1, 0.15) is 5.82 Å². The fourth-order valence-corrected chi connectivity index (χ4v) is 3.31. The third-order valence-electron chi connectivity index (χ3n) is 4.50. The number of nitrogens with zero attached hydrogens (tertiary/aromatic N) is 2. The summed E-state index contributed by atoms with van der Waals surface area (Å²) in [6, 6.07) is 7.49. The van der Waals surface area contributed by atoms with Crippen LogP contribution in [0.3, 0.4) is 0 Å². The van der Waals surface area contributed by atoms with Gasteiger partial charge in [-0.3, -0.25) is 14.7 Å². The Morgan fingerprint density at radius 3 is 2.89 bits per heavy atom. The lowest BCUT2D eigenvalue weighted by atomic mass is 10.1. The molecular weight excluding hydrogens is 361 g/mol. The average Bonchev–Trinajstić information content (AvgIpc) is 2.65. The zero-order chi connectivity index (χ0) is 19.9. The van der Waals surface area contributed by atoms with Crippen LogP contribution in [-0.2, 0) is 11.3 Å². The van der Waals surface area contributed by atoms with Crippen LogP contribution >= 0.6 is 0 Å². The van der Waals surface area contributed by atoms with E-state index >= 15 is 0 Å². The maximum Gasteiger partial charge on any atom is 0.319 e. The molecule has 0 bridgehead atoms. The van der Waals surface area contributed by atoms with E-state index in [0.717, 1.165) is 38.0 Å². The van der Waals surface area contributed by atoms with Gasteiger partial charge in [0.25, 0.3) is 0 Å². The minimum Gasteiger partial charge on any atom is -0.334 e. The van der Waals surface area contributed by atoms with Crippen LogP contribution in [-0.4, -0.2) is 41.0 Å². The molecule has 1 atom stereocenters. The number of anilines is 2. The normalized spacial score (nSPS) is 17.0. The standard InChI is InChI=1S/C20H24FN5O2/c1-14(27)23-16-6-7-18(21)19(10-16)25-20(28)24-17-5-3-9-26(13-17)12-15-4-2-8-22-11-15/h2,4,6-8,10-11,17H,3,5,9,12-13H2,1H3,(H,23,27)(H2,24,25,28). The lowest BCUT2D eigenvalue weighted by Gasteiger charge is -2.33. The van der Waals surface area contributed by atoms with Crippen LogP contribution in [0.2, 0.25) is 0 Å². The van der Waals surface area contributed by atoms with Crippen molar-refractivity contribution in [1.29, 1.82) is 0 Å². The van der Waals surface area contributed by atoms with Crippen molar-refractivity contribution >= 4 is 23.3 Å². The van der Waals surface area contributed by atoms with E-state index in [1.54, 1.807) is 6.20 Å². The van der Waals surface area contributed by atoms with Crippen molar-refractivity contribution in [2.24, 2.45) is 0 Å². The fraction of sp³-hybridized carbons (Fsp3) is 0.350. The first-order chi connectivity index (χ1) is 13.5. The first kappa shape index (κ1) is 19.8. The number of amides is 3. The number of benzene rings is 1. The highest BCUT2D eigenvalue weighted by molar-refractivity contribution is 5.92. The molecule has 1 fully saturated rings. The van der Waals surface area contributed by atoms with Crippen LogP contribution < -0.4 is 16.0 Å². The van der Waals surface area contributed by atoms with Gasteiger partial charge in [-0.1, -0.05) is 6.07 Å². The Labute approximate surface area is 163 Å². The second kappa shape index (κ2) is 9.27. The molecule has 7 nitrogen and oxygen atoms in total. The van der Waals surface area contributed by atoms with Crippen molar-refractivity contribution in [2.45, 2.75) is 32.4 Å². The molecule has 0 spiro atoms. The van der Waals surface area contributed by atoms with Gasteiger partial charge in [-0.15, -0.1) is 0 Å². The lowest BCUT2D eigenvalue weighted by Crippen LogP contribution is -2.48. The molecule has 1 unspecified atom stereocenters. The summed E-state index contributed by atoms with van der Waals surface area (Å²) in [4.78, 5) is 29.9. The Balaban J connectivity index is 1.55. The van der Waals surface area contributed by atoms with Crippen molar-refractivity contribution in [3.05, 3.63) is 54.1 Å². The molecule has 3 amide bonds. The number of hydrogen-bond acceptors (Lipinski definition) is 4. The van der Waals surface area contributed by atoms with Gasteiger partial charge < -0.3 is 16.0 Å². The highest BCUT2D eigenvalue weighted by Gasteiger charge is 2.22. The molecule has 8 heteroatoms. The van der Waals surface area contributed by atoms with Crippen LogP contribution in [0.15, 0.2) is 42.7 Å². The molecule has 3 rings (SSSR count). The summed E-state index contributed by atoms with van der Waals surface area (Å²) in [6.45, 7) is 3.82. The van der Waals surface area contributed by atoms with E-state index < -0.39 is 11.8 Å².